The van der Waals surface area contributed by atoms with Crippen molar-refractivity contribution in [2.24, 2.45) is 0 Å². The van der Waals surface area contributed by atoms with E-state index in [9.17, 15) is 4.79 Å². The summed E-state index contributed by atoms with van der Waals surface area (Å²) in [5.74, 6) is 0.310. The van der Waals surface area contributed by atoms with E-state index >= 15 is 0 Å². The zero-order valence-corrected chi connectivity index (χ0v) is 14.7. The summed E-state index contributed by atoms with van der Waals surface area (Å²) in [6, 6.07) is 12.1. The first-order valence-corrected chi connectivity index (χ1v) is 8.36. The molecule has 1 heterocycles. The number of hydrogen-bond acceptors (Lipinski definition) is 2. The molecule has 0 fully saturated rings. The van der Waals surface area contributed by atoms with Crippen LogP contribution in [0.1, 0.15) is 47.6 Å². The predicted molar refractivity (Wildman–Crippen MR) is 102 cm³/mol. The molecule has 0 saturated heterocycles. The van der Waals surface area contributed by atoms with Gasteiger partial charge in [0.2, 0.25) is 5.56 Å². The van der Waals surface area contributed by atoms with Crippen molar-refractivity contribution < 1.29 is 0 Å². The van der Waals surface area contributed by atoms with Crippen molar-refractivity contribution in [1.82, 2.24) is 4.98 Å². The van der Waals surface area contributed by atoms with Crippen molar-refractivity contribution in [3.05, 3.63) is 74.6 Å². The lowest BCUT2D eigenvalue weighted by atomic mass is 9.93. The average Bonchev–Trinajstić information content (AvgIpc) is 2.50. The fraction of sp³-hybridized carbons (Fsp3) is 0.286. The van der Waals surface area contributed by atoms with Crippen molar-refractivity contribution in [3.8, 4) is 0 Å². The molecule has 0 unspecified atom stereocenters. The zero-order valence-electron chi connectivity index (χ0n) is 14.7. The number of benzene rings is 2. The van der Waals surface area contributed by atoms with E-state index in [1.54, 1.807) is 6.07 Å². The molecule has 0 bridgehead atoms. The molecule has 0 spiro atoms. The van der Waals surface area contributed by atoms with Crippen LogP contribution >= 0.6 is 0 Å². The third-order valence-corrected chi connectivity index (χ3v) is 4.66. The largest absolute Gasteiger partial charge is 0.399 e. The Kier molecular flexibility index (Phi) is 4.18. The van der Waals surface area contributed by atoms with Crippen LogP contribution < -0.4 is 11.3 Å². The van der Waals surface area contributed by atoms with Crippen molar-refractivity contribution in [1.29, 1.82) is 0 Å². The minimum atomic E-state index is -0.0378. The van der Waals surface area contributed by atoms with Crippen LogP contribution in [-0.2, 0) is 6.42 Å². The lowest BCUT2D eigenvalue weighted by Gasteiger charge is -2.14. The summed E-state index contributed by atoms with van der Waals surface area (Å²) in [6.45, 7) is 8.46. The predicted octanol–water partition coefficient (Wildman–Crippen LogP) is 4.44. The third-order valence-electron chi connectivity index (χ3n) is 4.66. The molecule has 24 heavy (non-hydrogen) atoms. The number of hydrogen-bond donors (Lipinski definition) is 2. The van der Waals surface area contributed by atoms with Gasteiger partial charge in [-0.2, -0.15) is 0 Å². The van der Waals surface area contributed by atoms with Gasteiger partial charge in [-0.3, -0.25) is 4.79 Å². The molecule has 0 aliphatic rings. The monoisotopic (exact) mass is 320 g/mol. The molecule has 124 valence electrons. The first-order chi connectivity index (χ1) is 11.3. The Balaban J connectivity index is 2.10. The van der Waals surface area contributed by atoms with E-state index in [0.29, 0.717) is 5.92 Å². The van der Waals surface area contributed by atoms with E-state index in [1.807, 2.05) is 18.2 Å². The molecule has 0 aliphatic heterocycles. The highest BCUT2D eigenvalue weighted by Crippen LogP contribution is 2.26. The van der Waals surface area contributed by atoms with Gasteiger partial charge in [-0.15, -0.1) is 0 Å². The smallest absolute Gasteiger partial charge is 0.248 e. The minimum Gasteiger partial charge on any atom is -0.399 e. The van der Waals surface area contributed by atoms with Gasteiger partial charge >= 0.3 is 0 Å². The topological polar surface area (TPSA) is 58.9 Å². The zero-order chi connectivity index (χ0) is 17.4. The van der Waals surface area contributed by atoms with E-state index in [0.717, 1.165) is 28.6 Å². The number of anilines is 1. The SMILES string of the molecule is Cc1cc(N)cc(C)c1Cc1ccc2[nH]c(=O)cc(C(C)C)c2c1. The molecule has 1 aromatic heterocycles. The maximum Gasteiger partial charge on any atom is 0.248 e. The first kappa shape index (κ1) is 16.3. The van der Waals surface area contributed by atoms with E-state index in [4.69, 9.17) is 5.73 Å². The molecule has 0 radical (unpaired) electrons. The summed E-state index contributed by atoms with van der Waals surface area (Å²) >= 11 is 0. The van der Waals surface area contributed by atoms with E-state index in [-0.39, 0.29) is 5.56 Å². The van der Waals surface area contributed by atoms with E-state index in [2.05, 4.69) is 44.8 Å². The number of rotatable bonds is 3. The Bertz CT molecular complexity index is 944. The van der Waals surface area contributed by atoms with E-state index < -0.39 is 0 Å². The van der Waals surface area contributed by atoms with Gasteiger partial charge in [0.05, 0.1) is 0 Å². The van der Waals surface area contributed by atoms with Gasteiger partial charge in [0.25, 0.3) is 0 Å². The second kappa shape index (κ2) is 6.16. The summed E-state index contributed by atoms with van der Waals surface area (Å²) in [7, 11) is 0. The summed E-state index contributed by atoms with van der Waals surface area (Å²) in [5.41, 5.74) is 13.7. The van der Waals surface area contributed by atoms with Crippen molar-refractivity contribution >= 4 is 16.6 Å². The molecule has 0 aliphatic carbocycles. The molecule has 0 saturated carbocycles. The molecule has 3 aromatic rings. The highest BCUT2D eigenvalue weighted by molar-refractivity contribution is 5.83. The third kappa shape index (κ3) is 3.07. The van der Waals surface area contributed by atoms with Gasteiger partial charge in [0, 0.05) is 22.7 Å². The van der Waals surface area contributed by atoms with Crippen LogP contribution in [0.5, 0.6) is 0 Å². The highest BCUT2D eigenvalue weighted by Gasteiger charge is 2.10. The number of nitrogens with one attached hydrogen (secondary N) is 1. The molecule has 3 heteroatoms. The van der Waals surface area contributed by atoms with Crippen LogP contribution in [0, 0.1) is 13.8 Å². The lowest BCUT2D eigenvalue weighted by molar-refractivity contribution is 0.871. The number of nitrogen functional groups attached to an aromatic ring is 1. The van der Waals surface area contributed by atoms with Gasteiger partial charge < -0.3 is 10.7 Å². The number of nitrogens with two attached hydrogens (primary N) is 1. The number of H-pyrrole nitrogens is 1. The molecular weight excluding hydrogens is 296 g/mol. The molecule has 3 nitrogen and oxygen atoms in total. The van der Waals surface area contributed by atoms with Gasteiger partial charge in [-0.1, -0.05) is 19.9 Å². The lowest BCUT2D eigenvalue weighted by Crippen LogP contribution is -2.08. The Morgan fingerprint density at radius 2 is 1.71 bits per heavy atom. The maximum atomic E-state index is 11.8. The Morgan fingerprint density at radius 3 is 2.33 bits per heavy atom. The van der Waals surface area contributed by atoms with Crippen LogP contribution in [0.25, 0.3) is 10.9 Å². The Morgan fingerprint density at radius 1 is 1.04 bits per heavy atom. The second-order valence-corrected chi connectivity index (χ2v) is 6.93. The van der Waals surface area contributed by atoms with Gasteiger partial charge in [0.15, 0.2) is 0 Å². The maximum absolute atomic E-state index is 11.8. The summed E-state index contributed by atoms with van der Waals surface area (Å²) in [4.78, 5) is 14.8. The van der Waals surface area contributed by atoms with Crippen LogP contribution in [0.15, 0.2) is 41.2 Å². The molecule has 3 N–H and O–H groups in total. The minimum absolute atomic E-state index is 0.0378. The summed E-state index contributed by atoms with van der Waals surface area (Å²) in [5, 5.41) is 1.13. The van der Waals surface area contributed by atoms with Gasteiger partial charge in [-0.25, -0.2) is 0 Å². The summed E-state index contributed by atoms with van der Waals surface area (Å²) in [6.07, 6.45) is 0.866. The van der Waals surface area contributed by atoms with Crippen LogP contribution in [-0.4, -0.2) is 4.98 Å². The quantitative estimate of drug-likeness (QED) is 0.701. The van der Waals surface area contributed by atoms with Gasteiger partial charge in [-0.05, 0) is 78.3 Å². The first-order valence-electron chi connectivity index (χ1n) is 8.36. The second-order valence-electron chi connectivity index (χ2n) is 6.93. The number of aromatic amines is 1. The molecule has 3 rings (SSSR count). The fourth-order valence-corrected chi connectivity index (χ4v) is 3.42. The number of pyridine rings is 1. The number of fused-ring (bicyclic) bond motifs is 1. The van der Waals surface area contributed by atoms with Crippen LogP contribution in [0.4, 0.5) is 5.69 Å². The Labute approximate surface area is 142 Å². The van der Waals surface area contributed by atoms with E-state index in [1.165, 1.54) is 22.3 Å². The fourth-order valence-electron chi connectivity index (χ4n) is 3.42. The highest BCUT2D eigenvalue weighted by atomic mass is 16.1. The van der Waals surface area contributed by atoms with Crippen LogP contribution in [0.3, 0.4) is 0 Å². The van der Waals surface area contributed by atoms with Crippen LogP contribution in [0.2, 0.25) is 0 Å². The average molecular weight is 320 g/mol. The molecule has 2 aromatic carbocycles. The Hall–Kier alpha value is -2.55. The summed E-state index contributed by atoms with van der Waals surface area (Å²) < 4.78 is 0. The molecule has 0 atom stereocenters. The number of aromatic nitrogens is 1. The van der Waals surface area contributed by atoms with Crippen molar-refractivity contribution in [2.45, 2.75) is 40.0 Å². The van der Waals surface area contributed by atoms with Crippen molar-refractivity contribution in [3.63, 3.8) is 0 Å². The van der Waals surface area contributed by atoms with Gasteiger partial charge in [0.1, 0.15) is 0 Å². The number of aryl methyl sites for hydroxylation is 2. The van der Waals surface area contributed by atoms with Crippen molar-refractivity contribution in [2.75, 3.05) is 5.73 Å². The molecular formula is C21H24N2O. The standard InChI is InChI=1S/C21H24N2O/c1-12(2)17-11-21(24)23-20-6-5-15(10-19(17)20)9-18-13(3)7-16(22)8-14(18)4/h5-8,10-12H,9,22H2,1-4H3,(H,23,24). The normalized spacial score (nSPS) is 11.4. The molecule has 0 amide bonds.